The summed E-state index contributed by atoms with van der Waals surface area (Å²) in [4.78, 5) is 6.72. The van der Waals surface area contributed by atoms with Crippen LogP contribution in [0.5, 0.6) is 0 Å². The molecule has 1 aliphatic heterocycles. The Morgan fingerprint density at radius 3 is 3.08 bits per heavy atom. The minimum absolute atomic E-state index is 0.217. The highest BCUT2D eigenvalue weighted by atomic mass is 19.1. The highest BCUT2D eigenvalue weighted by molar-refractivity contribution is 5.82. The van der Waals surface area contributed by atoms with Crippen molar-refractivity contribution < 1.29 is 9.50 Å². The molecule has 2 aromatic rings. The molecule has 1 aliphatic rings. The van der Waals surface area contributed by atoms with Crippen molar-refractivity contribution in [3.63, 3.8) is 0 Å². The first kappa shape index (κ1) is 17.3. The first-order valence-electron chi connectivity index (χ1n) is 8.87. The average molecular weight is 331 g/mol. The van der Waals surface area contributed by atoms with Gasteiger partial charge in [-0.2, -0.15) is 0 Å². The summed E-state index contributed by atoms with van der Waals surface area (Å²) in [6.07, 6.45) is 6.26. The van der Waals surface area contributed by atoms with Crippen LogP contribution in [0.1, 0.15) is 31.2 Å². The van der Waals surface area contributed by atoms with Gasteiger partial charge in [0.05, 0.1) is 12.1 Å². The van der Waals surface area contributed by atoms with Crippen LogP contribution in [0.2, 0.25) is 0 Å². The molecular weight excluding hydrogens is 305 g/mol. The molecule has 0 aliphatic carbocycles. The number of aliphatic hydroxyl groups excluding tert-OH is 1. The van der Waals surface area contributed by atoms with Gasteiger partial charge in [0.15, 0.2) is 0 Å². The maximum absolute atomic E-state index is 13.8. The molecule has 0 amide bonds. The van der Waals surface area contributed by atoms with E-state index < -0.39 is 0 Å². The maximum Gasteiger partial charge on any atom is 0.132 e. The van der Waals surface area contributed by atoms with Gasteiger partial charge in [-0.05, 0) is 69.1 Å². The van der Waals surface area contributed by atoms with E-state index in [2.05, 4.69) is 15.2 Å². The fourth-order valence-electron chi connectivity index (χ4n) is 3.52. The lowest BCUT2D eigenvalue weighted by molar-refractivity contribution is 0.157. The van der Waals surface area contributed by atoms with Crippen molar-refractivity contribution in [2.24, 2.45) is 0 Å². The molecule has 1 fully saturated rings. The number of pyridine rings is 1. The third-order valence-corrected chi connectivity index (χ3v) is 4.87. The summed E-state index contributed by atoms with van der Waals surface area (Å²) in [5.41, 5.74) is 1.78. The van der Waals surface area contributed by atoms with Gasteiger partial charge in [0.25, 0.3) is 0 Å². The highest BCUT2D eigenvalue weighted by Gasteiger charge is 2.22. The molecule has 0 saturated carbocycles. The molecule has 0 spiro atoms. The lowest BCUT2D eigenvalue weighted by Crippen LogP contribution is -2.33. The number of nitrogens with one attached hydrogen (secondary N) is 1. The second-order valence-electron chi connectivity index (χ2n) is 6.50. The lowest BCUT2D eigenvalue weighted by atomic mass is 10.1. The standard InChI is InChI=1S/C19H26FN3O/c20-18-8-7-15(19-17(18)6-3-10-22-19)13-21-9-1-2-11-23-12-4-5-16(23)14-24/h3,6-8,10,16,21,24H,1-2,4-5,9,11-14H2. The zero-order chi connectivity index (χ0) is 16.8. The molecule has 0 radical (unpaired) electrons. The Hall–Kier alpha value is -1.56. The topological polar surface area (TPSA) is 48.4 Å². The van der Waals surface area contributed by atoms with Crippen molar-refractivity contribution in [3.8, 4) is 0 Å². The Labute approximate surface area is 142 Å². The Kier molecular flexibility index (Phi) is 6.12. The number of fused-ring (bicyclic) bond motifs is 1. The Morgan fingerprint density at radius 1 is 1.29 bits per heavy atom. The minimum atomic E-state index is -0.217. The quantitative estimate of drug-likeness (QED) is 0.730. The summed E-state index contributed by atoms with van der Waals surface area (Å²) in [5.74, 6) is -0.217. The molecule has 5 heteroatoms. The van der Waals surface area contributed by atoms with Crippen LogP contribution in [0.3, 0.4) is 0 Å². The van der Waals surface area contributed by atoms with Gasteiger partial charge in [0.2, 0.25) is 0 Å². The molecule has 1 aromatic carbocycles. The van der Waals surface area contributed by atoms with Crippen LogP contribution in [0.25, 0.3) is 10.9 Å². The van der Waals surface area contributed by atoms with Crippen LogP contribution in [0.4, 0.5) is 4.39 Å². The van der Waals surface area contributed by atoms with Gasteiger partial charge in [-0.15, -0.1) is 0 Å². The third kappa shape index (κ3) is 4.09. The molecule has 2 heterocycles. The van der Waals surface area contributed by atoms with Crippen molar-refractivity contribution >= 4 is 10.9 Å². The predicted molar refractivity (Wildman–Crippen MR) is 94.3 cm³/mol. The van der Waals surface area contributed by atoms with Crippen LogP contribution in [-0.4, -0.2) is 47.3 Å². The van der Waals surface area contributed by atoms with E-state index in [4.69, 9.17) is 0 Å². The molecule has 3 rings (SSSR count). The number of aromatic nitrogens is 1. The first-order chi connectivity index (χ1) is 11.8. The molecular formula is C19H26FN3O. The van der Waals surface area contributed by atoms with Gasteiger partial charge in [-0.1, -0.05) is 6.07 Å². The van der Waals surface area contributed by atoms with Gasteiger partial charge >= 0.3 is 0 Å². The summed E-state index contributed by atoms with van der Waals surface area (Å²) < 4.78 is 13.8. The predicted octanol–water partition coefficient (Wildman–Crippen LogP) is 2.70. The molecule has 1 aromatic heterocycles. The molecule has 24 heavy (non-hydrogen) atoms. The van der Waals surface area contributed by atoms with Gasteiger partial charge in [-0.3, -0.25) is 9.88 Å². The largest absolute Gasteiger partial charge is 0.395 e. The number of hydrogen-bond donors (Lipinski definition) is 2. The normalized spacial score (nSPS) is 18.5. The summed E-state index contributed by atoms with van der Waals surface area (Å²) in [5, 5.41) is 13.3. The van der Waals surface area contributed by atoms with E-state index in [0.717, 1.165) is 50.0 Å². The van der Waals surface area contributed by atoms with Crippen molar-refractivity contribution in [1.29, 1.82) is 0 Å². The van der Waals surface area contributed by atoms with E-state index in [1.807, 2.05) is 6.07 Å². The molecule has 1 atom stereocenters. The third-order valence-electron chi connectivity index (χ3n) is 4.87. The highest BCUT2D eigenvalue weighted by Crippen LogP contribution is 2.19. The van der Waals surface area contributed by atoms with Crippen molar-refractivity contribution in [2.45, 2.75) is 38.3 Å². The number of likely N-dealkylation sites (tertiary alicyclic amines) is 1. The number of aliphatic hydroxyl groups is 1. The van der Waals surface area contributed by atoms with Crippen LogP contribution >= 0.6 is 0 Å². The van der Waals surface area contributed by atoms with E-state index in [-0.39, 0.29) is 12.4 Å². The maximum atomic E-state index is 13.8. The zero-order valence-electron chi connectivity index (χ0n) is 14.0. The molecule has 0 bridgehead atoms. The van der Waals surface area contributed by atoms with E-state index in [0.29, 0.717) is 18.0 Å². The van der Waals surface area contributed by atoms with Gasteiger partial charge < -0.3 is 10.4 Å². The van der Waals surface area contributed by atoms with Gasteiger partial charge in [-0.25, -0.2) is 4.39 Å². The molecule has 2 N–H and O–H groups in total. The second kappa shape index (κ2) is 8.51. The summed E-state index contributed by atoms with van der Waals surface area (Å²) in [6.45, 7) is 4.10. The number of halogens is 1. The van der Waals surface area contributed by atoms with E-state index >= 15 is 0 Å². The first-order valence-corrected chi connectivity index (χ1v) is 8.87. The number of benzene rings is 1. The van der Waals surface area contributed by atoms with Crippen LogP contribution < -0.4 is 5.32 Å². The van der Waals surface area contributed by atoms with Crippen molar-refractivity contribution in [3.05, 3.63) is 41.8 Å². The summed E-state index contributed by atoms with van der Waals surface area (Å²) >= 11 is 0. The lowest BCUT2D eigenvalue weighted by Gasteiger charge is -2.22. The summed E-state index contributed by atoms with van der Waals surface area (Å²) in [6, 6.07) is 7.24. The Morgan fingerprint density at radius 2 is 2.21 bits per heavy atom. The van der Waals surface area contributed by atoms with Crippen molar-refractivity contribution in [1.82, 2.24) is 15.2 Å². The number of hydrogen-bond acceptors (Lipinski definition) is 4. The second-order valence-corrected chi connectivity index (χ2v) is 6.50. The van der Waals surface area contributed by atoms with E-state index in [9.17, 15) is 9.50 Å². The minimum Gasteiger partial charge on any atom is -0.395 e. The van der Waals surface area contributed by atoms with E-state index in [1.54, 1.807) is 18.3 Å². The SMILES string of the molecule is OCC1CCCN1CCCCNCc1ccc(F)c2cccnc12. The average Bonchev–Trinajstić information content (AvgIpc) is 3.07. The summed E-state index contributed by atoms with van der Waals surface area (Å²) in [7, 11) is 0. The Bertz CT molecular complexity index is 664. The van der Waals surface area contributed by atoms with Crippen LogP contribution in [0.15, 0.2) is 30.5 Å². The van der Waals surface area contributed by atoms with Gasteiger partial charge in [0.1, 0.15) is 5.82 Å². The molecule has 1 saturated heterocycles. The van der Waals surface area contributed by atoms with E-state index in [1.165, 1.54) is 12.5 Å². The monoisotopic (exact) mass is 331 g/mol. The van der Waals surface area contributed by atoms with Crippen molar-refractivity contribution in [2.75, 3.05) is 26.2 Å². The number of nitrogens with zero attached hydrogens (tertiary/aromatic N) is 2. The fraction of sp³-hybridized carbons (Fsp3) is 0.526. The van der Waals surface area contributed by atoms with Crippen LogP contribution in [0, 0.1) is 5.82 Å². The molecule has 130 valence electrons. The Balaban J connectivity index is 1.42. The number of rotatable bonds is 8. The smallest absolute Gasteiger partial charge is 0.132 e. The fourth-order valence-corrected chi connectivity index (χ4v) is 3.52. The number of unbranched alkanes of at least 4 members (excludes halogenated alkanes) is 1. The molecule has 4 nitrogen and oxygen atoms in total. The molecule has 1 unspecified atom stereocenters. The van der Waals surface area contributed by atoms with Crippen LogP contribution in [-0.2, 0) is 6.54 Å². The zero-order valence-corrected chi connectivity index (χ0v) is 14.0. The van der Waals surface area contributed by atoms with Gasteiger partial charge in [0, 0.05) is 24.2 Å².